The summed E-state index contributed by atoms with van der Waals surface area (Å²) in [5.41, 5.74) is 3.06. The average molecular weight is 420 g/mol. The normalized spacial score (nSPS) is 10.6. The second-order valence-corrected chi connectivity index (χ2v) is 8.23. The molecule has 1 aromatic heterocycles. The van der Waals surface area contributed by atoms with Gasteiger partial charge in [0.1, 0.15) is 0 Å². The quantitative estimate of drug-likeness (QED) is 0.458. The van der Waals surface area contributed by atoms with E-state index in [1.165, 1.54) is 22.5 Å². The molecule has 0 bridgehead atoms. The molecule has 0 aliphatic rings. The Labute approximate surface area is 156 Å². The number of halogens is 1. The minimum atomic E-state index is -0.192. The topological polar surface area (TPSA) is 54.9 Å². The first kappa shape index (κ1) is 17.1. The fraction of sp³-hybridized carbons (Fsp3) is 0.118. The summed E-state index contributed by atoms with van der Waals surface area (Å²) in [6.07, 6.45) is 0. The number of hydrogen-bond donors (Lipinski definition) is 1. The highest BCUT2D eigenvalue weighted by atomic mass is 79.9. The molecule has 0 aliphatic carbocycles. The molecule has 0 unspecified atom stereocenters. The van der Waals surface area contributed by atoms with Gasteiger partial charge in [-0.15, -0.1) is 10.2 Å². The predicted octanol–water partition coefficient (Wildman–Crippen LogP) is 5.15. The van der Waals surface area contributed by atoms with Crippen LogP contribution in [0.15, 0.2) is 57.3 Å². The molecule has 0 spiro atoms. The molecule has 0 atom stereocenters. The summed E-state index contributed by atoms with van der Waals surface area (Å²) in [6, 6.07) is 15.6. The molecule has 7 heteroatoms. The zero-order valence-corrected chi connectivity index (χ0v) is 16.0. The van der Waals surface area contributed by atoms with Crippen LogP contribution >= 0.6 is 39.0 Å². The molecule has 0 aliphatic heterocycles. The van der Waals surface area contributed by atoms with Crippen LogP contribution in [0.1, 0.15) is 21.5 Å². The number of aryl methyl sites for hydroxylation is 1. The van der Waals surface area contributed by atoms with Crippen LogP contribution < -0.4 is 5.32 Å². The summed E-state index contributed by atoms with van der Waals surface area (Å²) in [7, 11) is 0. The van der Waals surface area contributed by atoms with Gasteiger partial charge in [-0.2, -0.15) is 0 Å². The number of thioether (sulfide) groups is 1. The average Bonchev–Trinajstić information content (AvgIpc) is 3.02. The van der Waals surface area contributed by atoms with Gasteiger partial charge in [0.05, 0.1) is 0 Å². The number of hydrogen-bond acceptors (Lipinski definition) is 5. The molecule has 0 saturated carbocycles. The van der Waals surface area contributed by atoms with Gasteiger partial charge in [-0.3, -0.25) is 10.1 Å². The van der Waals surface area contributed by atoms with Crippen LogP contribution in [0.25, 0.3) is 0 Å². The zero-order chi connectivity index (χ0) is 16.9. The number of nitrogens with one attached hydrogen (secondary N) is 1. The standard InChI is InChI=1S/C17H14BrN3OS2/c1-11-5-7-12(8-6-11)10-23-17-21-20-16(24-17)19-15(22)13-3-2-4-14(18)9-13/h2-9H,10H2,1H3,(H,19,20,22). The lowest BCUT2D eigenvalue weighted by Crippen LogP contribution is -2.11. The van der Waals surface area contributed by atoms with Gasteiger partial charge in [0, 0.05) is 15.8 Å². The van der Waals surface area contributed by atoms with Gasteiger partial charge in [-0.25, -0.2) is 0 Å². The van der Waals surface area contributed by atoms with Crippen molar-refractivity contribution in [2.75, 3.05) is 5.32 Å². The molecule has 3 aromatic rings. The van der Waals surface area contributed by atoms with Crippen molar-refractivity contribution in [2.24, 2.45) is 0 Å². The van der Waals surface area contributed by atoms with Gasteiger partial charge < -0.3 is 0 Å². The molecule has 3 rings (SSSR count). The van der Waals surface area contributed by atoms with E-state index >= 15 is 0 Å². The Hall–Kier alpha value is -1.70. The van der Waals surface area contributed by atoms with E-state index in [1.54, 1.807) is 23.9 Å². The summed E-state index contributed by atoms with van der Waals surface area (Å²) in [4.78, 5) is 12.2. The first-order chi connectivity index (χ1) is 11.6. The molecule has 24 heavy (non-hydrogen) atoms. The number of amides is 1. The molecule has 2 aromatic carbocycles. The summed E-state index contributed by atoms with van der Waals surface area (Å²) in [5, 5.41) is 11.4. The lowest BCUT2D eigenvalue weighted by molar-refractivity contribution is 0.102. The van der Waals surface area contributed by atoms with Gasteiger partial charge in [-0.1, -0.05) is 74.9 Å². The van der Waals surface area contributed by atoms with Crippen LogP contribution in [-0.4, -0.2) is 16.1 Å². The van der Waals surface area contributed by atoms with E-state index in [4.69, 9.17) is 0 Å². The van der Waals surface area contributed by atoms with Crippen molar-refractivity contribution in [3.05, 3.63) is 69.7 Å². The number of rotatable bonds is 5. The Balaban J connectivity index is 1.59. The molecular weight excluding hydrogens is 406 g/mol. The first-order valence-corrected chi connectivity index (χ1v) is 9.78. The second kappa shape index (κ2) is 7.92. The van der Waals surface area contributed by atoms with Crippen molar-refractivity contribution < 1.29 is 4.79 Å². The lowest BCUT2D eigenvalue weighted by atomic mass is 10.2. The smallest absolute Gasteiger partial charge is 0.257 e. The van der Waals surface area contributed by atoms with E-state index in [1.807, 2.05) is 12.1 Å². The van der Waals surface area contributed by atoms with Crippen LogP contribution in [0, 0.1) is 6.92 Å². The number of aromatic nitrogens is 2. The number of benzene rings is 2. The number of carbonyl (C=O) groups is 1. The Morgan fingerprint density at radius 3 is 2.75 bits per heavy atom. The number of nitrogens with zero attached hydrogens (tertiary/aromatic N) is 2. The molecular formula is C17H14BrN3OS2. The Bertz CT molecular complexity index is 849. The fourth-order valence-electron chi connectivity index (χ4n) is 1.95. The molecule has 1 heterocycles. The van der Waals surface area contributed by atoms with Crippen LogP contribution in [0.2, 0.25) is 0 Å². The zero-order valence-electron chi connectivity index (χ0n) is 12.8. The second-order valence-electron chi connectivity index (χ2n) is 5.11. The minimum Gasteiger partial charge on any atom is -0.296 e. The predicted molar refractivity (Wildman–Crippen MR) is 103 cm³/mol. The van der Waals surface area contributed by atoms with Crippen molar-refractivity contribution in [3.8, 4) is 0 Å². The summed E-state index contributed by atoms with van der Waals surface area (Å²) in [6.45, 7) is 2.07. The maximum absolute atomic E-state index is 12.2. The van der Waals surface area contributed by atoms with E-state index in [-0.39, 0.29) is 5.91 Å². The van der Waals surface area contributed by atoms with Gasteiger partial charge >= 0.3 is 0 Å². The lowest BCUT2D eigenvalue weighted by Gasteiger charge is -2.01. The third kappa shape index (κ3) is 4.66. The van der Waals surface area contributed by atoms with E-state index < -0.39 is 0 Å². The molecule has 122 valence electrons. The highest BCUT2D eigenvalue weighted by molar-refractivity contribution is 9.10. The Morgan fingerprint density at radius 2 is 2.00 bits per heavy atom. The van der Waals surface area contributed by atoms with Crippen molar-refractivity contribution in [3.63, 3.8) is 0 Å². The fourth-order valence-corrected chi connectivity index (χ4v) is 4.05. The van der Waals surface area contributed by atoms with Crippen molar-refractivity contribution >= 4 is 50.1 Å². The minimum absolute atomic E-state index is 0.192. The van der Waals surface area contributed by atoms with Gasteiger partial charge in [0.15, 0.2) is 4.34 Å². The summed E-state index contributed by atoms with van der Waals surface area (Å²) in [5.74, 6) is 0.636. The van der Waals surface area contributed by atoms with Gasteiger partial charge in [-0.05, 0) is 30.7 Å². The van der Waals surface area contributed by atoms with Crippen LogP contribution in [0.3, 0.4) is 0 Å². The third-order valence-corrected chi connectivity index (χ3v) is 5.73. The van der Waals surface area contributed by atoms with E-state index in [9.17, 15) is 4.79 Å². The van der Waals surface area contributed by atoms with Gasteiger partial charge in [0.25, 0.3) is 5.91 Å². The SMILES string of the molecule is Cc1ccc(CSc2nnc(NC(=O)c3cccc(Br)c3)s2)cc1. The van der Waals surface area contributed by atoms with Crippen LogP contribution in [-0.2, 0) is 5.75 Å². The summed E-state index contributed by atoms with van der Waals surface area (Å²) >= 11 is 6.35. The van der Waals surface area contributed by atoms with Crippen molar-refractivity contribution in [1.29, 1.82) is 0 Å². The highest BCUT2D eigenvalue weighted by Crippen LogP contribution is 2.28. The summed E-state index contributed by atoms with van der Waals surface area (Å²) < 4.78 is 1.70. The molecule has 0 saturated heterocycles. The Morgan fingerprint density at radius 1 is 1.21 bits per heavy atom. The first-order valence-electron chi connectivity index (χ1n) is 7.19. The maximum atomic E-state index is 12.2. The molecule has 4 nitrogen and oxygen atoms in total. The molecule has 0 radical (unpaired) electrons. The number of carbonyl (C=O) groups excluding carboxylic acids is 1. The van der Waals surface area contributed by atoms with E-state index in [2.05, 4.69) is 62.6 Å². The third-order valence-electron chi connectivity index (χ3n) is 3.20. The number of anilines is 1. The van der Waals surface area contributed by atoms with Crippen LogP contribution in [0.5, 0.6) is 0 Å². The van der Waals surface area contributed by atoms with Crippen molar-refractivity contribution in [2.45, 2.75) is 17.0 Å². The highest BCUT2D eigenvalue weighted by Gasteiger charge is 2.11. The largest absolute Gasteiger partial charge is 0.296 e. The van der Waals surface area contributed by atoms with Gasteiger partial charge in [0.2, 0.25) is 5.13 Å². The van der Waals surface area contributed by atoms with E-state index in [0.717, 1.165) is 14.6 Å². The molecule has 0 fully saturated rings. The van der Waals surface area contributed by atoms with Crippen molar-refractivity contribution in [1.82, 2.24) is 10.2 Å². The monoisotopic (exact) mass is 419 g/mol. The maximum Gasteiger partial charge on any atom is 0.257 e. The Kier molecular flexibility index (Phi) is 5.65. The molecule has 1 amide bonds. The van der Waals surface area contributed by atoms with Crippen LogP contribution in [0.4, 0.5) is 5.13 Å². The molecule has 1 N–H and O–H groups in total. The van der Waals surface area contributed by atoms with E-state index in [0.29, 0.717) is 10.7 Å².